The SMILES string of the molecule is CCOc1cc(C=NN2C(=O)[C@@H]3[C@H](C2=O)[C@H]2C=C[C@H]3C2)ccc1OC(=O)c1ccc(OC)cc1. The van der Waals surface area contributed by atoms with Gasteiger partial charge in [-0.05, 0) is 73.2 Å². The van der Waals surface area contributed by atoms with Gasteiger partial charge < -0.3 is 14.2 Å². The van der Waals surface area contributed by atoms with Gasteiger partial charge in [0.1, 0.15) is 5.75 Å². The molecule has 0 aromatic heterocycles. The summed E-state index contributed by atoms with van der Waals surface area (Å²) in [6.45, 7) is 2.18. The van der Waals surface area contributed by atoms with Gasteiger partial charge in [0.25, 0.3) is 11.8 Å². The van der Waals surface area contributed by atoms with Crippen LogP contribution in [0, 0.1) is 23.7 Å². The highest BCUT2D eigenvalue weighted by molar-refractivity contribution is 6.06. The average Bonchev–Trinajstić information content (AvgIpc) is 3.53. The van der Waals surface area contributed by atoms with E-state index in [1.807, 2.05) is 19.1 Å². The summed E-state index contributed by atoms with van der Waals surface area (Å²) in [6.07, 6.45) is 6.41. The van der Waals surface area contributed by atoms with Crippen LogP contribution in [0.15, 0.2) is 59.7 Å². The standard InChI is InChI=1S/C26H24N2O6/c1-3-33-21-12-15(4-11-20(21)34-26(31)16-7-9-19(32-2)10-8-16)14-27-28-24(29)22-17-5-6-18(13-17)23(22)25(28)30/h4-12,14,17-18,22-23H,3,13H2,1-2H3/t17-,18-,22-,23+/m0/s1. The molecule has 2 aliphatic carbocycles. The highest BCUT2D eigenvalue weighted by atomic mass is 16.6. The molecule has 8 heteroatoms. The number of carbonyl (C=O) groups excluding carboxylic acids is 3. The lowest BCUT2D eigenvalue weighted by Crippen LogP contribution is -2.28. The number of rotatable bonds is 7. The molecule has 2 bridgehead atoms. The fourth-order valence-electron chi connectivity index (χ4n) is 4.97. The van der Waals surface area contributed by atoms with Gasteiger partial charge >= 0.3 is 5.97 Å². The normalized spacial score (nSPS) is 24.7. The Morgan fingerprint density at radius 1 is 1.03 bits per heavy atom. The third-order valence-corrected chi connectivity index (χ3v) is 6.57. The molecule has 5 rings (SSSR count). The Hall–Kier alpha value is -3.94. The number of hydrazone groups is 1. The largest absolute Gasteiger partial charge is 0.497 e. The first-order valence-corrected chi connectivity index (χ1v) is 11.2. The molecule has 3 aliphatic rings. The van der Waals surface area contributed by atoms with Crippen molar-refractivity contribution < 1.29 is 28.6 Å². The van der Waals surface area contributed by atoms with Gasteiger partial charge in [-0.3, -0.25) is 9.59 Å². The van der Waals surface area contributed by atoms with E-state index in [9.17, 15) is 14.4 Å². The molecule has 34 heavy (non-hydrogen) atoms. The van der Waals surface area contributed by atoms with Crippen molar-refractivity contribution in [3.63, 3.8) is 0 Å². The van der Waals surface area contributed by atoms with Crippen LogP contribution in [0.1, 0.15) is 29.3 Å². The minimum absolute atomic E-state index is 0.135. The summed E-state index contributed by atoms with van der Waals surface area (Å²) in [4.78, 5) is 38.1. The highest BCUT2D eigenvalue weighted by Gasteiger charge is 2.59. The zero-order valence-electron chi connectivity index (χ0n) is 18.8. The third-order valence-electron chi connectivity index (χ3n) is 6.57. The number of amides is 2. The van der Waals surface area contributed by atoms with Gasteiger partial charge in [-0.25, -0.2) is 4.79 Å². The lowest BCUT2D eigenvalue weighted by atomic mass is 9.85. The predicted octanol–water partition coefficient (Wildman–Crippen LogP) is 3.45. The number of fused-ring (bicyclic) bond motifs is 5. The lowest BCUT2D eigenvalue weighted by molar-refractivity contribution is -0.140. The Labute approximate surface area is 196 Å². The van der Waals surface area contributed by atoms with Crippen molar-refractivity contribution in [2.45, 2.75) is 13.3 Å². The molecule has 174 valence electrons. The van der Waals surface area contributed by atoms with E-state index in [1.54, 1.807) is 49.6 Å². The van der Waals surface area contributed by atoms with E-state index in [0.29, 0.717) is 29.2 Å². The Balaban J connectivity index is 1.32. The lowest BCUT2D eigenvalue weighted by Gasteiger charge is -2.13. The van der Waals surface area contributed by atoms with Crippen molar-refractivity contribution in [1.82, 2.24) is 5.01 Å². The molecule has 1 heterocycles. The molecule has 1 aliphatic heterocycles. The summed E-state index contributed by atoms with van der Waals surface area (Å²) >= 11 is 0. The summed E-state index contributed by atoms with van der Waals surface area (Å²) in [5.74, 6) is -0.0811. The van der Waals surface area contributed by atoms with E-state index in [0.717, 1.165) is 11.4 Å². The van der Waals surface area contributed by atoms with Crippen molar-refractivity contribution >= 4 is 24.0 Å². The summed E-state index contributed by atoms with van der Waals surface area (Å²) in [6, 6.07) is 11.5. The Morgan fingerprint density at radius 3 is 2.32 bits per heavy atom. The van der Waals surface area contributed by atoms with Crippen molar-refractivity contribution in [3.05, 3.63) is 65.7 Å². The van der Waals surface area contributed by atoms with Crippen LogP contribution in [-0.4, -0.2) is 42.7 Å². The maximum Gasteiger partial charge on any atom is 0.343 e. The van der Waals surface area contributed by atoms with Gasteiger partial charge in [0.2, 0.25) is 0 Å². The fourth-order valence-corrected chi connectivity index (χ4v) is 4.97. The van der Waals surface area contributed by atoms with Crippen molar-refractivity contribution in [2.24, 2.45) is 28.8 Å². The highest BCUT2D eigenvalue weighted by Crippen LogP contribution is 2.52. The topological polar surface area (TPSA) is 94.5 Å². The number of hydrogen-bond acceptors (Lipinski definition) is 7. The molecule has 2 fully saturated rings. The second kappa shape index (κ2) is 8.78. The Morgan fingerprint density at radius 2 is 1.71 bits per heavy atom. The molecule has 4 atom stereocenters. The van der Waals surface area contributed by atoms with Gasteiger partial charge in [0.15, 0.2) is 11.5 Å². The molecular formula is C26H24N2O6. The fraction of sp³-hybridized carbons (Fsp3) is 0.308. The number of allylic oxidation sites excluding steroid dienone is 2. The van der Waals surface area contributed by atoms with E-state index < -0.39 is 5.97 Å². The third kappa shape index (κ3) is 3.75. The van der Waals surface area contributed by atoms with E-state index in [2.05, 4.69) is 5.10 Å². The molecule has 2 aromatic carbocycles. The first-order valence-electron chi connectivity index (χ1n) is 11.2. The molecule has 0 N–H and O–H groups in total. The minimum Gasteiger partial charge on any atom is -0.497 e. The molecule has 2 aromatic rings. The molecule has 8 nitrogen and oxygen atoms in total. The molecule has 0 radical (unpaired) electrons. The van der Waals surface area contributed by atoms with Crippen molar-refractivity contribution in [3.8, 4) is 17.2 Å². The predicted molar refractivity (Wildman–Crippen MR) is 123 cm³/mol. The zero-order valence-corrected chi connectivity index (χ0v) is 18.8. The van der Waals surface area contributed by atoms with Crippen LogP contribution < -0.4 is 14.2 Å². The van der Waals surface area contributed by atoms with Gasteiger partial charge in [-0.2, -0.15) is 10.1 Å². The Kier molecular flexibility index (Phi) is 5.65. The summed E-state index contributed by atoms with van der Waals surface area (Å²) < 4.78 is 16.3. The van der Waals surface area contributed by atoms with Gasteiger partial charge in [-0.1, -0.05) is 12.2 Å². The molecule has 1 saturated heterocycles. The van der Waals surface area contributed by atoms with Crippen LogP contribution in [-0.2, 0) is 9.59 Å². The van der Waals surface area contributed by atoms with E-state index in [1.165, 1.54) is 6.21 Å². The minimum atomic E-state index is -0.534. The quantitative estimate of drug-likeness (QED) is 0.207. The van der Waals surface area contributed by atoms with Crippen LogP contribution in [0.2, 0.25) is 0 Å². The van der Waals surface area contributed by atoms with Gasteiger partial charge in [-0.15, -0.1) is 0 Å². The molecule has 1 saturated carbocycles. The van der Waals surface area contributed by atoms with E-state index >= 15 is 0 Å². The molecule has 0 spiro atoms. The number of hydrogen-bond donors (Lipinski definition) is 0. The number of benzene rings is 2. The number of esters is 1. The monoisotopic (exact) mass is 460 g/mol. The Bertz CT molecular complexity index is 1170. The second-order valence-corrected chi connectivity index (χ2v) is 8.49. The first kappa shape index (κ1) is 21.9. The van der Waals surface area contributed by atoms with E-state index in [4.69, 9.17) is 14.2 Å². The van der Waals surface area contributed by atoms with Gasteiger partial charge in [0.05, 0.1) is 37.3 Å². The average molecular weight is 460 g/mol. The molecule has 0 unspecified atom stereocenters. The summed E-state index contributed by atoms with van der Waals surface area (Å²) in [7, 11) is 1.55. The number of imide groups is 1. The molecular weight excluding hydrogens is 436 g/mol. The van der Waals surface area contributed by atoms with Crippen LogP contribution in [0.5, 0.6) is 17.2 Å². The smallest absolute Gasteiger partial charge is 0.343 e. The van der Waals surface area contributed by atoms with Crippen molar-refractivity contribution in [1.29, 1.82) is 0 Å². The second-order valence-electron chi connectivity index (χ2n) is 8.49. The molecule has 2 amide bonds. The van der Waals surface area contributed by atoms with Crippen LogP contribution >= 0.6 is 0 Å². The zero-order chi connectivity index (χ0) is 23.8. The maximum atomic E-state index is 12.8. The van der Waals surface area contributed by atoms with Crippen LogP contribution in [0.25, 0.3) is 0 Å². The number of nitrogens with zero attached hydrogens (tertiary/aromatic N) is 2. The summed E-state index contributed by atoms with van der Waals surface area (Å²) in [5.41, 5.74) is 0.973. The number of methoxy groups -OCH3 is 1. The van der Waals surface area contributed by atoms with Crippen molar-refractivity contribution in [2.75, 3.05) is 13.7 Å². The first-order chi connectivity index (χ1) is 16.5. The number of ether oxygens (including phenoxy) is 3. The maximum absolute atomic E-state index is 12.8. The number of carbonyl (C=O) groups is 3. The van der Waals surface area contributed by atoms with E-state index in [-0.39, 0.29) is 41.2 Å². The van der Waals surface area contributed by atoms with Crippen LogP contribution in [0.4, 0.5) is 0 Å². The van der Waals surface area contributed by atoms with Gasteiger partial charge in [0, 0.05) is 0 Å². The van der Waals surface area contributed by atoms with Crippen LogP contribution in [0.3, 0.4) is 0 Å². The summed E-state index contributed by atoms with van der Waals surface area (Å²) in [5, 5.41) is 5.20.